The summed E-state index contributed by atoms with van der Waals surface area (Å²) in [4.78, 5) is 17.6. The van der Waals surface area contributed by atoms with E-state index in [1.807, 2.05) is 0 Å². The van der Waals surface area contributed by atoms with E-state index in [1.54, 1.807) is 0 Å². The minimum atomic E-state index is 0.204. The highest BCUT2D eigenvalue weighted by Gasteiger charge is 2.35. The third-order valence-electron chi connectivity index (χ3n) is 5.64. The van der Waals surface area contributed by atoms with E-state index in [2.05, 4.69) is 9.80 Å². The zero-order chi connectivity index (χ0) is 14.7. The van der Waals surface area contributed by atoms with Crippen molar-refractivity contribution in [2.24, 2.45) is 11.7 Å². The van der Waals surface area contributed by atoms with Crippen molar-refractivity contribution in [3.63, 3.8) is 0 Å². The molecule has 2 aliphatic heterocycles. The van der Waals surface area contributed by atoms with Crippen molar-refractivity contribution in [2.45, 2.75) is 69.9 Å². The molecule has 3 atom stereocenters. The molecule has 4 heteroatoms. The van der Waals surface area contributed by atoms with Gasteiger partial charge in [0.05, 0.1) is 0 Å². The molecule has 0 spiro atoms. The fraction of sp³-hybridized carbons (Fsp3) is 0.941. The van der Waals surface area contributed by atoms with Gasteiger partial charge in [-0.3, -0.25) is 4.79 Å². The van der Waals surface area contributed by atoms with E-state index in [-0.39, 0.29) is 12.0 Å². The van der Waals surface area contributed by atoms with E-state index in [4.69, 9.17) is 5.73 Å². The lowest BCUT2D eigenvalue weighted by Gasteiger charge is -2.36. The molecule has 1 amide bonds. The molecule has 0 radical (unpaired) electrons. The molecular formula is C17H31N3O. The Morgan fingerprint density at radius 3 is 2.52 bits per heavy atom. The van der Waals surface area contributed by atoms with E-state index in [0.29, 0.717) is 11.9 Å². The molecule has 3 fully saturated rings. The fourth-order valence-corrected chi connectivity index (χ4v) is 4.44. The van der Waals surface area contributed by atoms with E-state index in [0.717, 1.165) is 38.8 Å². The van der Waals surface area contributed by atoms with Gasteiger partial charge in [0.15, 0.2) is 0 Å². The second-order valence-electron chi connectivity index (χ2n) is 7.31. The van der Waals surface area contributed by atoms with Crippen LogP contribution in [0.4, 0.5) is 0 Å². The monoisotopic (exact) mass is 293 g/mol. The number of nitrogens with two attached hydrogens (primary N) is 1. The number of hydrogen-bond donors (Lipinski definition) is 1. The Hall–Kier alpha value is -0.610. The Morgan fingerprint density at radius 2 is 1.76 bits per heavy atom. The third-order valence-corrected chi connectivity index (χ3v) is 5.64. The zero-order valence-corrected chi connectivity index (χ0v) is 13.3. The summed E-state index contributed by atoms with van der Waals surface area (Å²) < 4.78 is 0. The van der Waals surface area contributed by atoms with Crippen LogP contribution in [0.3, 0.4) is 0 Å². The highest BCUT2D eigenvalue weighted by molar-refractivity contribution is 5.79. The number of carbonyl (C=O) groups is 1. The van der Waals surface area contributed by atoms with Crippen LogP contribution in [0.15, 0.2) is 0 Å². The Morgan fingerprint density at radius 1 is 0.952 bits per heavy atom. The lowest BCUT2D eigenvalue weighted by atomic mass is 9.85. The summed E-state index contributed by atoms with van der Waals surface area (Å²) in [5, 5.41) is 0. The first-order chi connectivity index (χ1) is 10.2. The van der Waals surface area contributed by atoms with Gasteiger partial charge in [-0.2, -0.15) is 0 Å². The van der Waals surface area contributed by atoms with Crippen molar-refractivity contribution < 1.29 is 4.79 Å². The smallest absolute Gasteiger partial charge is 0.226 e. The highest BCUT2D eigenvalue weighted by atomic mass is 16.2. The largest absolute Gasteiger partial charge is 0.338 e. The normalized spacial score (nSPS) is 35.1. The van der Waals surface area contributed by atoms with Gasteiger partial charge in [0, 0.05) is 31.1 Å². The van der Waals surface area contributed by atoms with E-state index < -0.39 is 0 Å². The second-order valence-corrected chi connectivity index (χ2v) is 7.31. The minimum absolute atomic E-state index is 0.204. The number of hydrogen-bond acceptors (Lipinski definition) is 3. The van der Waals surface area contributed by atoms with Gasteiger partial charge in [0.1, 0.15) is 0 Å². The lowest BCUT2D eigenvalue weighted by molar-refractivity contribution is -0.138. The molecule has 0 aromatic carbocycles. The minimum Gasteiger partial charge on any atom is -0.338 e. The second kappa shape index (κ2) is 7.10. The Labute approximate surface area is 129 Å². The molecule has 4 nitrogen and oxygen atoms in total. The topological polar surface area (TPSA) is 49.6 Å². The van der Waals surface area contributed by atoms with Gasteiger partial charge in [0.25, 0.3) is 0 Å². The molecule has 2 saturated heterocycles. The summed E-state index contributed by atoms with van der Waals surface area (Å²) in [6.45, 7) is 4.53. The lowest BCUT2D eigenvalue weighted by Crippen LogP contribution is -2.47. The number of likely N-dealkylation sites (tertiary alicyclic amines) is 2. The molecule has 3 aliphatic rings. The van der Waals surface area contributed by atoms with Crippen LogP contribution in [-0.4, -0.2) is 54.0 Å². The summed E-state index contributed by atoms with van der Waals surface area (Å²) in [6.07, 6.45) is 10.6. The van der Waals surface area contributed by atoms with Crippen LogP contribution >= 0.6 is 0 Å². The maximum absolute atomic E-state index is 12.8. The molecule has 3 rings (SSSR count). The first-order valence-electron chi connectivity index (χ1n) is 9.02. The molecule has 1 aliphatic carbocycles. The van der Waals surface area contributed by atoms with Crippen molar-refractivity contribution >= 4 is 5.91 Å². The van der Waals surface area contributed by atoms with Gasteiger partial charge < -0.3 is 15.5 Å². The molecule has 0 aromatic heterocycles. The molecule has 2 N–H and O–H groups in total. The number of carbonyl (C=O) groups excluding carboxylic acids is 1. The molecular weight excluding hydrogens is 262 g/mol. The number of rotatable bonds is 3. The standard InChI is InChI=1S/C17H31N3O/c18-15-7-4-6-14(12-15)17(21)20-11-5-8-16(20)13-19-9-2-1-3-10-19/h14-16H,1-13,18H2/t14-,15+,16+/m0/s1. The van der Waals surface area contributed by atoms with Crippen LogP contribution in [0.2, 0.25) is 0 Å². The molecule has 1 saturated carbocycles. The Bertz CT molecular complexity index is 354. The van der Waals surface area contributed by atoms with Crippen LogP contribution in [-0.2, 0) is 4.79 Å². The van der Waals surface area contributed by atoms with Gasteiger partial charge in [0.2, 0.25) is 5.91 Å². The third kappa shape index (κ3) is 3.78. The molecule has 21 heavy (non-hydrogen) atoms. The summed E-state index contributed by atoms with van der Waals surface area (Å²) in [5.41, 5.74) is 6.07. The van der Waals surface area contributed by atoms with Crippen LogP contribution in [0.5, 0.6) is 0 Å². The Balaban J connectivity index is 1.56. The molecule has 0 unspecified atom stereocenters. The SMILES string of the molecule is N[C@@H]1CCC[C@H](C(=O)N2CCC[C@@H]2CN2CCCCC2)C1. The molecule has 0 aromatic rings. The van der Waals surface area contributed by atoms with Crippen molar-refractivity contribution in [1.29, 1.82) is 0 Å². The number of nitrogens with zero attached hydrogens (tertiary/aromatic N) is 2. The highest BCUT2D eigenvalue weighted by Crippen LogP contribution is 2.29. The van der Waals surface area contributed by atoms with Gasteiger partial charge >= 0.3 is 0 Å². The summed E-state index contributed by atoms with van der Waals surface area (Å²) in [5.74, 6) is 0.611. The van der Waals surface area contributed by atoms with Gasteiger partial charge in [-0.25, -0.2) is 0 Å². The number of amides is 1. The van der Waals surface area contributed by atoms with Crippen molar-refractivity contribution in [3.8, 4) is 0 Å². The average molecular weight is 293 g/mol. The Kier molecular flexibility index (Phi) is 5.17. The first kappa shape index (κ1) is 15.3. The summed E-state index contributed by atoms with van der Waals surface area (Å²) >= 11 is 0. The maximum atomic E-state index is 12.8. The van der Waals surface area contributed by atoms with E-state index >= 15 is 0 Å². The van der Waals surface area contributed by atoms with Crippen molar-refractivity contribution in [1.82, 2.24) is 9.80 Å². The van der Waals surface area contributed by atoms with Crippen LogP contribution in [0, 0.1) is 5.92 Å². The van der Waals surface area contributed by atoms with Crippen LogP contribution in [0.1, 0.15) is 57.8 Å². The predicted molar refractivity (Wildman–Crippen MR) is 85.0 cm³/mol. The zero-order valence-electron chi connectivity index (χ0n) is 13.3. The number of piperidine rings is 1. The molecule has 120 valence electrons. The summed E-state index contributed by atoms with van der Waals surface area (Å²) in [7, 11) is 0. The van der Waals surface area contributed by atoms with Crippen LogP contribution < -0.4 is 5.73 Å². The first-order valence-corrected chi connectivity index (χ1v) is 9.02. The van der Waals surface area contributed by atoms with Crippen molar-refractivity contribution in [3.05, 3.63) is 0 Å². The van der Waals surface area contributed by atoms with Gasteiger partial charge in [-0.05, 0) is 58.0 Å². The van der Waals surface area contributed by atoms with E-state index in [9.17, 15) is 4.79 Å². The quantitative estimate of drug-likeness (QED) is 0.865. The molecule has 0 bridgehead atoms. The van der Waals surface area contributed by atoms with Gasteiger partial charge in [-0.1, -0.05) is 12.8 Å². The molecule has 2 heterocycles. The fourth-order valence-electron chi connectivity index (χ4n) is 4.44. The van der Waals surface area contributed by atoms with E-state index in [1.165, 1.54) is 45.2 Å². The van der Waals surface area contributed by atoms with Gasteiger partial charge in [-0.15, -0.1) is 0 Å². The predicted octanol–water partition coefficient (Wildman–Crippen LogP) is 1.98. The average Bonchev–Trinajstić information content (AvgIpc) is 2.95. The summed E-state index contributed by atoms with van der Waals surface area (Å²) in [6, 6.07) is 0.713. The van der Waals surface area contributed by atoms with Crippen LogP contribution in [0.25, 0.3) is 0 Å². The maximum Gasteiger partial charge on any atom is 0.226 e. The van der Waals surface area contributed by atoms with Crippen molar-refractivity contribution in [2.75, 3.05) is 26.2 Å².